The van der Waals surface area contributed by atoms with E-state index in [1.807, 2.05) is 0 Å². The van der Waals surface area contributed by atoms with E-state index in [4.69, 9.17) is 0 Å². The Labute approximate surface area is 116 Å². The molecule has 0 spiro atoms. The van der Waals surface area contributed by atoms with Crippen molar-refractivity contribution in [3.63, 3.8) is 0 Å². The van der Waals surface area contributed by atoms with Crippen LogP contribution in [0.2, 0.25) is 0 Å². The van der Waals surface area contributed by atoms with Crippen LogP contribution in [0.5, 0.6) is 0 Å². The molecule has 3 saturated heterocycles. The van der Waals surface area contributed by atoms with E-state index in [9.17, 15) is 0 Å². The lowest BCUT2D eigenvalue weighted by Crippen LogP contribution is -2.47. The molecule has 0 bridgehead atoms. The van der Waals surface area contributed by atoms with E-state index in [2.05, 4.69) is 42.7 Å². The second kappa shape index (κ2) is 4.99. The summed E-state index contributed by atoms with van der Waals surface area (Å²) in [5.41, 5.74) is 0.543. The Morgan fingerprint density at radius 1 is 1.33 bits per heavy atom. The average Bonchev–Trinajstić information content (AvgIpc) is 2.86. The minimum atomic E-state index is 0.543. The highest BCUT2D eigenvalue weighted by atomic mass is 32.2. The molecule has 18 heavy (non-hydrogen) atoms. The molecule has 0 radical (unpaired) electrons. The van der Waals surface area contributed by atoms with Crippen LogP contribution >= 0.6 is 11.8 Å². The Balaban J connectivity index is 1.72. The highest BCUT2D eigenvalue weighted by Crippen LogP contribution is 2.41. The summed E-state index contributed by atoms with van der Waals surface area (Å²) >= 11 is 2.18. The standard InChI is InChI=1S/C15H28N2S/c1-4-14-13-7-16-6-11(13)8-17(14)12-5-15(2,3)10-18-9-12/h11-14,16H,4-10H2,1-3H3. The maximum Gasteiger partial charge on any atom is 0.0194 e. The summed E-state index contributed by atoms with van der Waals surface area (Å²) in [6, 6.07) is 1.69. The molecule has 3 fully saturated rings. The molecule has 3 heterocycles. The fraction of sp³-hybridized carbons (Fsp3) is 1.00. The van der Waals surface area contributed by atoms with Gasteiger partial charge in [0.15, 0.2) is 0 Å². The van der Waals surface area contributed by atoms with Gasteiger partial charge in [-0.3, -0.25) is 4.90 Å². The number of fused-ring (bicyclic) bond motifs is 1. The first-order valence-electron chi connectivity index (χ1n) is 7.65. The monoisotopic (exact) mass is 268 g/mol. The molecule has 0 aromatic heterocycles. The summed E-state index contributed by atoms with van der Waals surface area (Å²) in [5, 5.41) is 3.60. The van der Waals surface area contributed by atoms with Gasteiger partial charge in [-0.2, -0.15) is 11.8 Å². The molecule has 0 aromatic carbocycles. The zero-order valence-corrected chi connectivity index (χ0v) is 12.9. The second-order valence-electron chi connectivity index (χ2n) is 7.29. The number of rotatable bonds is 2. The molecule has 4 unspecified atom stereocenters. The van der Waals surface area contributed by atoms with Crippen LogP contribution in [0, 0.1) is 17.3 Å². The van der Waals surface area contributed by atoms with E-state index in [0.29, 0.717) is 5.41 Å². The first kappa shape index (κ1) is 13.3. The summed E-state index contributed by atoms with van der Waals surface area (Å²) < 4.78 is 0. The predicted molar refractivity (Wildman–Crippen MR) is 80.1 cm³/mol. The maximum absolute atomic E-state index is 3.60. The molecular formula is C15H28N2S. The lowest BCUT2D eigenvalue weighted by molar-refractivity contribution is 0.128. The molecule has 2 nitrogen and oxygen atoms in total. The summed E-state index contributed by atoms with van der Waals surface area (Å²) in [7, 11) is 0. The van der Waals surface area contributed by atoms with Gasteiger partial charge in [0.2, 0.25) is 0 Å². The Morgan fingerprint density at radius 2 is 2.17 bits per heavy atom. The van der Waals surface area contributed by atoms with Crippen LogP contribution in [0.15, 0.2) is 0 Å². The summed E-state index contributed by atoms with van der Waals surface area (Å²) in [5.74, 6) is 4.59. The smallest absolute Gasteiger partial charge is 0.0194 e. The minimum absolute atomic E-state index is 0.543. The van der Waals surface area contributed by atoms with Crippen molar-refractivity contribution in [3.8, 4) is 0 Å². The fourth-order valence-electron chi connectivity index (χ4n) is 4.45. The van der Waals surface area contributed by atoms with Gasteiger partial charge in [-0.1, -0.05) is 20.8 Å². The number of thioether (sulfide) groups is 1. The van der Waals surface area contributed by atoms with Crippen molar-refractivity contribution in [2.75, 3.05) is 31.1 Å². The Hall–Kier alpha value is 0.270. The molecule has 0 amide bonds. The normalized spacial score (nSPS) is 44.2. The molecule has 0 saturated carbocycles. The third-order valence-corrected chi connectivity index (χ3v) is 6.84. The van der Waals surface area contributed by atoms with Crippen LogP contribution in [0.1, 0.15) is 33.6 Å². The first-order chi connectivity index (χ1) is 8.61. The first-order valence-corrected chi connectivity index (χ1v) is 8.80. The SMILES string of the molecule is CCC1C2CNCC2CN1C1CSCC(C)(C)C1. The van der Waals surface area contributed by atoms with E-state index in [-0.39, 0.29) is 0 Å². The van der Waals surface area contributed by atoms with Crippen molar-refractivity contribution in [1.82, 2.24) is 10.2 Å². The van der Waals surface area contributed by atoms with Gasteiger partial charge in [0.1, 0.15) is 0 Å². The Bertz CT molecular complexity index is 305. The largest absolute Gasteiger partial charge is 0.316 e. The van der Waals surface area contributed by atoms with Gasteiger partial charge in [0, 0.05) is 24.4 Å². The quantitative estimate of drug-likeness (QED) is 0.828. The van der Waals surface area contributed by atoms with Crippen LogP contribution in [0.25, 0.3) is 0 Å². The summed E-state index contributed by atoms with van der Waals surface area (Å²) in [6.07, 6.45) is 2.74. The van der Waals surface area contributed by atoms with Crippen molar-refractivity contribution in [2.45, 2.75) is 45.7 Å². The van der Waals surface area contributed by atoms with Crippen molar-refractivity contribution in [2.24, 2.45) is 17.3 Å². The van der Waals surface area contributed by atoms with Gasteiger partial charge in [-0.25, -0.2) is 0 Å². The predicted octanol–water partition coefficient (Wildman–Crippen LogP) is 2.45. The van der Waals surface area contributed by atoms with Gasteiger partial charge in [-0.15, -0.1) is 0 Å². The highest BCUT2D eigenvalue weighted by molar-refractivity contribution is 7.99. The van der Waals surface area contributed by atoms with Gasteiger partial charge < -0.3 is 5.32 Å². The van der Waals surface area contributed by atoms with E-state index in [0.717, 1.165) is 23.9 Å². The lowest BCUT2D eigenvalue weighted by Gasteiger charge is -2.42. The fourth-order valence-corrected chi connectivity index (χ4v) is 5.82. The zero-order valence-electron chi connectivity index (χ0n) is 12.1. The van der Waals surface area contributed by atoms with E-state index in [1.54, 1.807) is 0 Å². The molecule has 3 rings (SSSR count). The number of hydrogen-bond acceptors (Lipinski definition) is 3. The van der Waals surface area contributed by atoms with Crippen molar-refractivity contribution >= 4 is 11.8 Å². The Kier molecular flexibility index (Phi) is 3.68. The van der Waals surface area contributed by atoms with Crippen LogP contribution in [-0.4, -0.2) is 48.1 Å². The van der Waals surface area contributed by atoms with Crippen molar-refractivity contribution in [1.29, 1.82) is 0 Å². The van der Waals surface area contributed by atoms with Gasteiger partial charge in [-0.05, 0) is 48.9 Å². The lowest BCUT2D eigenvalue weighted by atomic mass is 9.86. The third-order valence-electron chi connectivity index (χ3n) is 5.24. The zero-order chi connectivity index (χ0) is 12.8. The van der Waals surface area contributed by atoms with Crippen LogP contribution < -0.4 is 5.32 Å². The van der Waals surface area contributed by atoms with Crippen LogP contribution in [-0.2, 0) is 0 Å². The molecule has 4 atom stereocenters. The molecule has 0 aliphatic carbocycles. The Morgan fingerprint density at radius 3 is 2.89 bits per heavy atom. The van der Waals surface area contributed by atoms with Crippen LogP contribution in [0.4, 0.5) is 0 Å². The molecular weight excluding hydrogens is 240 g/mol. The second-order valence-corrected chi connectivity index (χ2v) is 8.32. The van der Waals surface area contributed by atoms with Gasteiger partial charge >= 0.3 is 0 Å². The summed E-state index contributed by atoms with van der Waals surface area (Å²) in [6.45, 7) is 11.2. The van der Waals surface area contributed by atoms with E-state index in [1.165, 1.54) is 44.0 Å². The van der Waals surface area contributed by atoms with Gasteiger partial charge in [0.05, 0.1) is 0 Å². The average molecular weight is 268 g/mol. The number of likely N-dealkylation sites (tertiary alicyclic amines) is 1. The highest BCUT2D eigenvalue weighted by Gasteiger charge is 2.46. The molecule has 1 N–H and O–H groups in total. The minimum Gasteiger partial charge on any atom is -0.316 e. The number of nitrogens with one attached hydrogen (secondary N) is 1. The maximum atomic E-state index is 3.60. The van der Waals surface area contributed by atoms with E-state index < -0.39 is 0 Å². The van der Waals surface area contributed by atoms with Gasteiger partial charge in [0.25, 0.3) is 0 Å². The third kappa shape index (κ3) is 2.34. The van der Waals surface area contributed by atoms with Crippen LogP contribution in [0.3, 0.4) is 0 Å². The molecule has 3 aliphatic rings. The van der Waals surface area contributed by atoms with Crippen molar-refractivity contribution < 1.29 is 0 Å². The van der Waals surface area contributed by atoms with E-state index >= 15 is 0 Å². The summed E-state index contributed by atoms with van der Waals surface area (Å²) in [4.78, 5) is 2.89. The molecule has 0 aromatic rings. The van der Waals surface area contributed by atoms with Crippen molar-refractivity contribution in [3.05, 3.63) is 0 Å². The molecule has 3 heteroatoms. The molecule has 104 valence electrons. The topological polar surface area (TPSA) is 15.3 Å². The number of hydrogen-bond donors (Lipinski definition) is 1. The number of nitrogens with zero attached hydrogens (tertiary/aromatic N) is 1. The molecule has 3 aliphatic heterocycles.